The van der Waals surface area contributed by atoms with Gasteiger partial charge in [-0.15, -0.1) is 0 Å². The van der Waals surface area contributed by atoms with E-state index in [1.165, 1.54) is 18.4 Å². The van der Waals surface area contributed by atoms with E-state index in [0.717, 1.165) is 19.4 Å². The van der Waals surface area contributed by atoms with Crippen LogP contribution < -0.4 is 5.73 Å². The fraction of sp³-hybridized carbons (Fsp3) is 0.588. The van der Waals surface area contributed by atoms with Crippen LogP contribution in [0.4, 0.5) is 0 Å². The number of hydrogen-bond acceptors (Lipinski definition) is 2. The molecular weight excluding hydrogens is 248 g/mol. The Bertz CT molecular complexity index is 426. The summed E-state index contributed by atoms with van der Waals surface area (Å²) in [6, 6.07) is 10.1. The van der Waals surface area contributed by atoms with E-state index >= 15 is 0 Å². The summed E-state index contributed by atoms with van der Waals surface area (Å²) in [6.07, 6.45) is 4.10. The molecule has 1 unspecified atom stereocenters. The van der Waals surface area contributed by atoms with Gasteiger partial charge < -0.3 is 10.6 Å². The largest absolute Gasteiger partial charge is 0.339 e. The molecule has 0 bridgehead atoms. The van der Waals surface area contributed by atoms with Gasteiger partial charge in [0.05, 0.1) is 6.04 Å². The fourth-order valence-electron chi connectivity index (χ4n) is 2.44. The lowest BCUT2D eigenvalue weighted by Gasteiger charge is -2.29. The third kappa shape index (κ3) is 4.34. The molecule has 0 aliphatic heterocycles. The molecule has 1 amide bonds. The number of benzene rings is 1. The Labute approximate surface area is 122 Å². The Hall–Kier alpha value is -1.35. The predicted molar refractivity (Wildman–Crippen MR) is 82.3 cm³/mol. The molecule has 0 saturated heterocycles. The van der Waals surface area contributed by atoms with Crippen molar-refractivity contribution in [1.29, 1.82) is 0 Å². The highest BCUT2D eigenvalue weighted by Crippen LogP contribution is 2.30. The second-order valence-corrected chi connectivity index (χ2v) is 6.16. The van der Waals surface area contributed by atoms with E-state index in [1.54, 1.807) is 0 Å². The SMILES string of the molecule is CC(C)N(CC1CC1)C(=O)C(N)CCc1ccccc1. The zero-order valence-electron chi connectivity index (χ0n) is 12.6. The second-order valence-electron chi connectivity index (χ2n) is 6.16. The van der Waals surface area contributed by atoms with Crippen molar-refractivity contribution < 1.29 is 4.79 Å². The molecule has 1 saturated carbocycles. The van der Waals surface area contributed by atoms with Gasteiger partial charge in [0, 0.05) is 12.6 Å². The summed E-state index contributed by atoms with van der Waals surface area (Å²) >= 11 is 0. The van der Waals surface area contributed by atoms with Gasteiger partial charge in [-0.1, -0.05) is 30.3 Å². The van der Waals surface area contributed by atoms with Crippen molar-refractivity contribution in [3.8, 4) is 0 Å². The third-order valence-corrected chi connectivity index (χ3v) is 3.96. The van der Waals surface area contributed by atoms with Gasteiger partial charge in [0.15, 0.2) is 0 Å². The quantitative estimate of drug-likeness (QED) is 0.830. The van der Waals surface area contributed by atoms with Gasteiger partial charge in [0.2, 0.25) is 5.91 Å². The summed E-state index contributed by atoms with van der Waals surface area (Å²) in [5.41, 5.74) is 7.35. The van der Waals surface area contributed by atoms with Gasteiger partial charge in [-0.2, -0.15) is 0 Å². The molecule has 0 aromatic heterocycles. The first-order valence-electron chi connectivity index (χ1n) is 7.68. The molecule has 2 N–H and O–H groups in total. The van der Waals surface area contributed by atoms with E-state index in [1.807, 2.05) is 23.1 Å². The van der Waals surface area contributed by atoms with E-state index < -0.39 is 0 Å². The van der Waals surface area contributed by atoms with Gasteiger partial charge in [-0.3, -0.25) is 4.79 Å². The van der Waals surface area contributed by atoms with Crippen LogP contribution in [0, 0.1) is 5.92 Å². The van der Waals surface area contributed by atoms with Gasteiger partial charge >= 0.3 is 0 Å². The van der Waals surface area contributed by atoms with Crippen LogP contribution in [0.3, 0.4) is 0 Å². The van der Waals surface area contributed by atoms with Crippen molar-refractivity contribution in [2.75, 3.05) is 6.54 Å². The standard InChI is InChI=1S/C17H26N2O/c1-13(2)19(12-15-8-9-15)17(20)16(18)11-10-14-6-4-3-5-7-14/h3-7,13,15-16H,8-12,18H2,1-2H3. The van der Waals surface area contributed by atoms with Crippen molar-refractivity contribution in [2.24, 2.45) is 11.7 Å². The zero-order valence-corrected chi connectivity index (χ0v) is 12.6. The lowest BCUT2D eigenvalue weighted by atomic mass is 10.0. The maximum Gasteiger partial charge on any atom is 0.239 e. The van der Waals surface area contributed by atoms with Crippen LogP contribution in [0.25, 0.3) is 0 Å². The first-order chi connectivity index (χ1) is 9.58. The normalized spacial score (nSPS) is 16.2. The molecule has 2 rings (SSSR count). The van der Waals surface area contributed by atoms with Crippen LogP contribution in [0.5, 0.6) is 0 Å². The molecule has 1 aromatic carbocycles. The molecule has 0 heterocycles. The number of nitrogens with zero attached hydrogens (tertiary/aromatic N) is 1. The topological polar surface area (TPSA) is 46.3 Å². The second kappa shape index (κ2) is 6.89. The minimum atomic E-state index is -0.378. The Kier molecular flexibility index (Phi) is 5.18. The number of carbonyl (C=O) groups excluding carboxylic acids is 1. The molecule has 20 heavy (non-hydrogen) atoms. The van der Waals surface area contributed by atoms with Crippen LogP contribution in [0.15, 0.2) is 30.3 Å². The van der Waals surface area contributed by atoms with Gasteiger partial charge in [0.1, 0.15) is 0 Å². The highest BCUT2D eigenvalue weighted by molar-refractivity contribution is 5.82. The molecule has 0 radical (unpaired) electrons. The molecule has 0 spiro atoms. The van der Waals surface area contributed by atoms with Crippen LogP contribution in [-0.2, 0) is 11.2 Å². The Morgan fingerprint density at radius 2 is 1.95 bits per heavy atom. The van der Waals surface area contributed by atoms with Crippen LogP contribution in [-0.4, -0.2) is 29.4 Å². The summed E-state index contributed by atoms with van der Waals surface area (Å²) in [5.74, 6) is 0.825. The number of aryl methyl sites for hydroxylation is 1. The molecule has 3 heteroatoms. The van der Waals surface area contributed by atoms with Crippen LogP contribution in [0.1, 0.15) is 38.7 Å². The van der Waals surface area contributed by atoms with E-state index in [0.29, 0.717) is 5.92 Å². The van der Waals surface area contributed by atoms with Crippen molar-refractivity contribution in [3.63, 3.8) is 0 Å². The Morgan fingerprint density at radius 1 is 1.30 bits per heavy atom. The number of hydrogen-bond donors (Lipinski definition) is 1. The zero-order chi connectivity index (χ0) is 14.5. The molecule has 3 nitrogen and oxygen atoms in total. The number of carbonyl (C=O) groups is 1. The Morgan fingerprint density at radius 3 is 2.50 bits per heavy atom. The van der Waals surface area contributed by atoms with Crippen molar-refractivity contribution in [3.05, 3.63) is 35.9 Å². The van der Waals surface area contributed by atoms with E-state index in [2.05, 4.69) is 26.0 Å². The maximum absolute atomic E-state index is 12.5. The van der Waals surface area contributed by atoms with E-state index in [-0.39, 0.29) is 18.0 Å². The van der Waals surface area contributed by atoms with Gasteiger partial charge in [0.25, 0.3) is 0 Å². The number of amides is 1. The molecule has 110 valence electrons. The predicted octanol–water partition coefficient (Wildman–Crippen LogP) is 2.59. The summed E-state index contributed by atoms with van der Waals surface area (Å²) < 4.78 is 0. The van der Waals surface area contributed by atoms with Gasteiger partial charge in [-0.05, 0) is 51.0 Å². The highest BCUT2D eigenvalue weighted by Gasteiger charge is 2.30. The average molecular weight is 274 g/mol. The number of nitrogens with two attached hydrogens (primary N) is 1. The average Bonchev–Trinajstić information content (AvgIpc) is 3.26. The lowest BCUT2D eigenvalue weighted by molar-refractivity contribution is -0.134. The van der Waals surface area contributed by atoms with Crippen molar-refractivity contribution >= 4 is 5.91 Å². The summed E-state index contributed by atoms with van der Waals surface area (Å²) in [7, 11) is 0. The van der Waals surface area contributed by atoms with Crippen LogP contribution >= 0.6 is 0 Å². The third-order valence-electron chi connectivity index (χ3n) is 3.96. The maximum atomic E-state index is 12.5. The Balaban J connectivity index is 1.86. The lowest BCUT2D eigenvalue weighted by Crippen LogP contribution is -2.48. The molecule has 1 atom stereocenters. The van der Waals surface area contributed by atoms with Gasteiger partial charge in [-0.25, -0.2) is 0 Å². The molecular formula is C17H26N2O. The smallest absolute Gasteiger partial charge is 0.239 e. The highest BCUT2D eigenvalue weighted by atomic mass is 16.2. The van der Waals surface area contributed by atoms with Crippen molar-refractivity contribution in [1.82, 2.24) is 4.90 Å². The monoisotopic (exact) mass is 274 g/mol. The molecule has 1 aromatic rings. The summed E-state index contributed by atoms with van der Waals surface area (Å²) in [6.45, 7) is 5.03. The molecule has 1 aliphatic rings. The van der Waals surface area contributed by atoms with E-state index in [4.69, 9.17) is 5.73 Å². The molecule has 1 aliphatic carbocycles. The van der Waals surface area contributed by atoms with Crippen molar-refractivity contribution in [2.45, 2.75) is 51.6 Å². The minimum Gasteiger partial charge on any atom is -0.339 e. The van der Waals surface area contributed by atoms with Crippen LogP contribution in [0.2, 0.25) is 0 Å². The summed E-state index contributed by atoms with van der Waals surface area (Å²) in [4.78, 5) is 14.4. The number of rotatable bonds is 7. The molecule has 1 fully saturated rings. The first kappa shape index (κ1) is 15.0. The fourth-order valence-corrected chi connectivity index (χ4v) is 2.44. The minimum absolute atomic E-state index is 0.114. The first-order valence-corrected chi connectivity index (χ1v) is 7.68. The van der Waals surface area contributed by atoms with E-state index in [9.17, 15) is 4.79 Å². The summed E-state index contributed by atoms with van der Waals surface area (Å²) in [5, 5.41) is 0.